The molecule has 0 amide bonds. The Hall–Kier alpha value is -2.76. The average molecular weight is 340 g/mol. The number of carbonyl (C=O) groups excluding carboxylic acids is 2. The van der Waals surface area contributed by atoms with Crippen LogP contribution in [0.25, 0.3) is 0 Å². The van der Waals surface area contributed by atoms with Gasteiger partial charge < -0.3 is 9.55 Å². The molecule has 0 saturated heterocycles. The van der Waals surface area contributed by atoms with E-state index in [1.807, 2.05) is 6.92 Å². The van der Waals surface area contributed by atoms with Crippen LogP contribution in [-0.4, -0.2) is 21.1 Å². The van der Waals surface area contributed by atoms with Crippen LogP contribution in [0.15, 0.2) is 21.7 Å². The predicted molar refractivity (Wildman–Crippen MR) is 93.6 cm³/mol. The van der Waals surface area contributed by atoms with E-state index in [-0.39, 0.29) is 33.9 Å². The fourth-order valence-corrected chi connectivity index (χ4v) is 3.43. The highest BCUT2D eigenvalue weighted by Gasteiger charge is 2.35. The topological polar surface area (TPSA) is 89.0 Å². The lowest BCUT2D eigenvalue weighted by Gasteiger charge is -2.23. The van der Waals surface area contributed by atoms with Crippen LogP contribution in [0.2, 0.25) is 0 Å². The number of aryl methyl sites for hydroxylation is 2. The van der Waals surface area contributed by atoms with Gasteiger partial charge in [-0.3, -0.25) is 19.2 Å². The van der Waals surface area contributed by atoms with E-state index in [1.165, 1.54) is 16.7 Å². The standard InChI is InChI=1S/C19H20N2O4/c1-4-5-6-7-21-13(23)9-11(3)15-17(21)19(25)16-14(18(15)24)10(2)8-12(22)20-16/h8-9H,4-7H2,1-3H3,(H,20,22). The number of aromatic amines is 1. The molecule has 130 valence electrons. The largest absolute Gasteiger partial charge is 0.318 e. The zero-order valence-corrected chi connectivity index (χ0v) is 14.6. The number of pyridine rings is 2. The van der Waals surface area contributed by atoms with E-state index in [2.05, 4.69) is 4.98 Å². The maximum Gasteiger partial charge on any atom is 0.251 e. The normalized spacial score (nSPS) is 12.9. The van der Waals surface area contributed by atoms with Gasteiger partial charge in [0, 0.05) is 18.7 Å². The zero-order chi connectivity index (χ0) is 18.3. The SMILES string of the molecule is CCCCCn1c2c(c(C)cc1=O)C(=O)c1c(C)cc(=O)[nH]c1C2=O. The van der Waals surface area contributed by atoms with Gasteiger partial charge >= 0.3 is 0 Å². The van der Waals surface area contributed by atoms with E-state index in [0.29, 0.717) is 17.7 Å². The number of rotatable bonds is 4. The molecule has 2 aromatic rings. The number of nitrogens with zero attached hydrogens (tertiary/aromatic N) is 1. The van der Waals surface area contributed by atoms with Gasteiger partial charge in [0.1, 0.15) is 11.4 Å². The van der Waals surface area contributed by atoms with Crippen molar-refractivity contribution in [1.29, 1.82) is 0 Å². The van der Waals surface area contributed by atoms with Gasteiger partial charge in [-0.15, -0.1) is 0 Å². The van der Waals surface area contributed by atoms with Gasteiger partial charge in [-0.1, -0.05) is 19.8 Å². The van der Waals surface area contributed by atoms with E-state index in [4.69, 9.17) is 0 Å². The van der Waals surface area contributed by atoms with Gasteiger partial charge in [-0.2, -0.15) is 0 Å². The third-order valence-electron chi connectivity index (χ3n) is 4.63. The summed E-state index contributed by atoms with van der Waals surface area (Å²) >= 11 is 0. The Morgan fingerprint density at radius 2 is 1.60 bits per heavy atom. The van der Waals surface area contributed by atoms with Crippen LogP contribution >= 0.6 is 0 Å². The van der Waals surface area contributed by atoms with E-state index < -0.39 is 11.3 Å². The summed E-state index contributed by atoms with van der Waals surface area (Å²) in [4.78, 5) is 52.7. The lowest BCUT2D eigenvalue weighted by molar-refractivity contribution is 0.0965. The van der Waals surface area contributed by atoms with Crippen molar-refractivity contribution in [2.45, 2.75) is 46.6 Å². The van der Waals surface area contributed by atoms with Crippen LogP contribution in [0.4, 0.5) is 0 Å². The number of ketones is 2. The fourth-order valence-electron chi connectivity index (χ4n) is 3.43. The number of carbonyl (C=O) groups is 2. The molecule has 0 fully saturated rings. The van der Waals surface area contributed by atoms with Crippen molar-refractivity contribution >= 4 is 11.6 Å². The van der Waals surface area contributed by atoms with Gasteiger partial charge in [-0.25, -0.2) is 0 Å². The Bertz CT molecular complexity index is 1010. The number of hydrogen-bond acceptors (Lipinski definition) is 4. The van der Waals surface area contributed by atoms with Crippen molar-refractivity contribution < 1.29 is 9.59 Å². The second-order valence-electron chi connectivity index (χ2n) is 6.47. The Kier molecular flexibility index (Phi) is 4.29. The van der Waals surface area contributed by atoms with Gasteiger partial charge in [-0.05, 0) is 31.4 Å². The molecule has 0 saturated carbocycles. The quantitative estimate of drug-likeness (QED) is 0.737. The lowest BCUT2D eigenvalue weighted by Crippen LogP contribution is -2.35. The summed E-state index contributed by atoms with van der Waals surface area (Å²) in [6.07, 6.45) is 2.64. The van der Waals surface area contributed by atoms with Crippen molar-refractivity contribution in [2.24, 2.45) is 0 Å². The van der Waals surface area contributed by atoms with Crippen LogP contribution in [0.1, 0.15) is 69.4 Å². The van der Waals surface area contributed by atoms with Crippen LogP contribution in [0.3, 0.4) is 0 Å². The first kappa shape index (κ1) is 17.1. The first-order chi connectivity index (χ1) is 11.9. The van der Waals surface area contributed by atoms with Crippen LogP contribution < -0.4 is 11.1 Å². The predicted octanol–water partition coefficient (Wildman–Crippen LogP) is 2.12. The number of hydrogen-bond donors (Lipinski definition) is 1. The third kappa shape index (κ3) is 2.67. The maximum absolute atomic E-state index is 13.0. The van der Waals surface area contributed by atoms with E-state index in [0.717, 1.165) is 19.3 Å². The molecular formula is C19H20N2O4. The summed E-state index contributed by atoms with van der Waals surface area (Å²) < 4.78 is 1.38. The van der Waals surface area contributed by atoms with Gasteiger partial charge in [0.2, 0.25) is 11.3 Å². The molecule has 0 aliphatic heterocycles. The lowest BCUT2D eigenvalue weighted by atomic mass is 9.85. The molecule has 6 heteroatoms. The molecule has 0 unspecified atom stereocenters. The Labute approximate surface area is 144 Å². The molecule has 0 radical (unpaired) electrons. The van der Waals surface area contributed by atoms with Crippen LogP contribution in [0, 0.1) is 13.8 Å². The summed E-state index contributed by atoms with van der Waals surface area (Å²) in [5.74, 6) is -0.789. The Morgan fingerprint density at radius 3 is 2.28 bits per heavy atom. The molecule has 1 N–H and O–H groups in total. The highest BCUT2D eigenvalue weighted by molar-refractivity contribution is 6.27. The molecule has 0 bridgehead atoms. The van der Waals surface area contributed by atoms with Gasteiger partial charge in [0.15, 0.2) is 5.78 Å². The molecule has 0 aromatic carbocycles. The monoisotopic (exact) mass is 340 g/mol. The average Bonchev–Trinajstić information content (AvgIpc) is 2.53. The summed E-state index contributed by atoms with van der Waals surface area (Å²) in [5.41, 5.74) is 0.784. The summed E-state index contributed by atoms with van der Waals surface area (Å²) in [6, 6.07) is 2.71. The zero-order valence-electron chi connectivity index (χ0n) is 14.6. The maximum atomic E-state index is 13.0. The summed E-state index contributed by atoms with van der Waals surface area (Å²) in [6.45, 7) is 5.72. The number of aromatic nitrogens is 2. The van der Waals surface area contributed by atoms with Crippen molar-refractivity contribution in [3.63, 3.8) is 0 Å². The molecule has 25 heavy (non-hydrogen) atoms. The molecule has 1 aliphatic rings. The highest BCUT2D eigenvalue weighted by Crippen LogP contribution is 2.28. The minimum atomic E-state index is -0.470. The summed E-state index contributed by atoms with van der Waals surface area (Å²) in [5, 5.41) is 0. The first-order valence-electron chi connectivity index (χ1n) is 8.44. The van der Waals surface area contributed by atoms with Gasteiger partial charge in [0.25, 0.3) is 5.56 Å². The van der Waals surface area contributed by atoms with E-state index >= 15 is 0 Å². The first-order valence-corrected chi connectivity index (χ1v) is 8.44. The Balaban J connectivity index is 2.29. The number of unbranched alkanes of at least 4 members (excludes halogenated alkanes) is 2. The number of nitrogens with one attached hydrogen (secondary N) is 1. The Morgan fingerprint density at radius 1 is 0.920 bits per heavy atom. The van der Waals surface area contributed by atoms with Crippen LogP contribution in [0.5, 0.6) is 0 Å². The highest BCUT2D eigenvalue weighted by atomic mass is 16.2. The molecule has 6 nitrogen and oxygen atoms in total. The molecule has 3 rings (SSSR count). The van der Waals surface area contributed by atoms with Crippen molar-refractivity contribution in [2.75, 3.05) is 0 Å². The smallest absolute Gasteiger partial charge is 0.251 e. The van der Waals surface area contributed by atoms with Crippen molar-refractivity contribution in [3.05, 3.63) is 66.5 Å². The summed E-state index contributed by atoms with van der Waals surface area (Å²) in [7, 11) is 0. The third-order valence-corrected chi connectivity index (χ3v) is 4.63. The van der Waals surface area contributed by atoms with E-state index in [9.17, 15) is 19.2 Å². The minimum absolute atomic E-state index is 0.0169. The molecule has 0 spiro atoms. The van der Waals surface area contributed by atoms with E-state index in [1.54, 1.807) is 13.8 Å². The van der Waals surface area contributed by atoms with Gasteiger partial charge in [0.05, 0.1) is 11.1 Å². The molecule has 0 atom stereocenters. The fraction of sp³-hybridized carbons (Fsp3) is 0.368. The van der Waals surface area contributed by atoms with Crippen molar-refractivity contribution in [1.82, 2.24) is 9.55 Å². The molecular weight excluding hydrogens is 320 g/mol. The van der Waals surface area contributed by atoms with Crippen LogP contribution in [-0.2, 0) is 6.54 Å². The van der Waals surface area contributed by atoms with Crippen molar-refractivity contribution in [3.8, 4) is 0 Å². The molecule has 1 aliphatic carbocycles. The number of H-pyrrole nitrogens is 1. The molecule has 2 aromatic heterocycles. The number of fused-ring (bicyclic) bond motifs is 2. The minimum Gasteiger partial charge on any atom is -0.318 e. The molecule has 2 heterocycles. The second-order valence-corrected chi connectivity index (χ2v) is 6.47. The second kappa shape index (κ2) is 6.27.